The van der Waals surface area contributed by atoms with Crippen LogP contribution in [0.2, 0.25) is 5.15 Å². The zero-order chi connectivity index (χ0) is 12.5. The molecule has 0 spiro atoms. The van der Waals surface area contributed by atoms with Crippen LogP contribution in [0.25, 0.3) is 11.2 Å². The molecule has 2 aromatic rings. The van der Waals surface area contributed by atoms with Gasteiger partial charge in [0, 0.05) is 7.11 Å². The van der Waals surface area contributed by atoms with Crippen LogP contribution in [-0.4, -0.2) is 32.9 Å². The quantitative estimate of drug-likeness (QED) is 0.781. The monoisotopic (exact) mass is 268 g/mol. The largest absolute Gasteiger partial charge is 0.356 e. The summed E-state index contributed by atoms with van der Waals surface area (Å²) in [7, 11) is 1.65. The third kappa shape index (κ3) is 1.96. The second-order valence-electron chi connectivity index (χ2n) is 4.18. The summed E-state index contributed by atoms with van der Waals surface area (Å²) in [5.74, 6) is 0. The maximum atomic E-state index is 5.97. The first-order valence-corrected chi connectivity index (χ1v) is 6.18. The summed E-state index contributed by atoms with van der Waals surface area (Å²) < 4.78 is 12.9. The first kappa shape index (κ1) is 11.8. The van der Waals surface area contributed by atoms with Gasteiger partial charge in [0.15, 0.2) is 17.1 Å². The van der Waals surface area contributed by atoms with Gasteiger partial charge in [0.1, 0.15) is 18.1 Å². The number of ether oxygens (including phenoxy) is 2. The molecule has 1 aliphatic heterocycles. The maximum Gasteiger partial charge on any atom is 0.166 e. The predicted molar refractivity (Wildman–Crippen MR) is 65.1 cm³/mol. The maximum absolute atomic E-state index is 5.97. The van der Waals surface area contributed by atoms with Crippen molar-refractivity contribution in [2.24, 2.45) is 0 Å². The molecule has 0 aliphatic carbocycles. The number of hydrogen-bond donors (Lipinski definition) is 0. The Morgan fingerprint density at radius 1 is 1.39 bits per heavy atom. The topological polar surface area (TPSA) is 62.1 Å². The standard InChI is InChI=1S/C11H13ClN4O2/c1-17-8-4-2-3-7(18-8)16-6-15-9-10(12)13-5-14-11(9)16/h5-8H,2-4H2,1H3. The van der Waals surface area contributed by atoms with E-state index in [4.69, 9.17) is 21.1 Å². The van der Waals surface area contributed by atoms with Crippen molar-refractivity contribution in [3.63, 3.8) is 0 Å². The molecular weight excluding hydrogens is 256 g/mol. The molecule has 3 rings (SSSR count). The fourth-order valence-electron chi connectivity index (χ4n) is 2.18. The number of rotatable bonds is 2. The molecule has 1 saturated heterocycles. The Morgan fingerprint density at radius 3 is 3.11 bits per heavy atom. The van der Waals surface area contributed by atoms with Crippen LogP contribution in [0, 0.1) is 0 Å². The van der Waals surface area contributed by atoms with E-state index in [9.17, 15) is 0 Å². The first-order chi connectivity index (χ1) is 8.79. The van der Waals surface area contributed by atoms with Gasteiger partial charge < -0.3 is 9.47 Å². The van der Waals surface area contributed by atoms with Crippen molar-refractivity contribution in [2.75, 3.05) is 7.11 Å². The van der Waals surface area contributed by atoms with Crippen LogP contribution in [-0.2, 0) is 9.47 Å². The summed E-state index contributed by atoms with van der Waals surface area (Å²) in [5.41, 5.74) is 1.29. The SMILES string of the molecule is COC1CCCC(n2cnc3c(Cl)ncnc32)O1. The molecule has 0 bridgehead atoms. The Bertz CT molecular complexity index is 559. The summed E-state index contributed by atoms with van der Waals surface area (Å²) in [6, 6.07) is 0. The molecule has 2 aromatic heterocycles. The fourth-order valence-corrected chi connectivity index (χ4v) is 2.36. The van der Waals surface area contributed by atoms with E-state index in [1.54, 1.807) is 13.4 Å². The highest BCUT2D eigenvalue weighted by Crippen LogP contribution is 2.30. The van der Waals surface area contributed by atoms with E-state index in [-0.39, 0.29) is 12.5 Å². The smallest absolute Gasteiger partial charge is 0.166 e. The van der Waals surface area contributed by atoms with Crippen LogP contribution in [0.3, 0.4) is 0 Å². The van der Waals surface area contributed by atoms with E-state index in [0.29, 0.717) is 16.3 Å². The number of imidazole rings is 1. The van der Waals surface area contributed by atoms with E-state index >= 15 is 0 Å². The molecule has 0 saturated carbocycles. The third-order valence-corrected chi connectivity index (χ3v) is 3.36. The molecule has 1 aliphatic rings. The Hall–Kier alpha value is -1.24. The van der Waals surface area contributed by atoms with Gasteiger partial charge in [0.25, 0.3) is 0 Å². The second-order valence-corrected chi connectivity index (χ2v) is 4.53. The Balaban J connectivity index is 1.96. The lowest BCUT2D eigenvalue weighted by molar-refractivity contribution is -0.201. The molecule has 3 heterocycles. The van der Waals surface area contributed by atoms with E-state index in [2.05, 4.69) is 15.0 Å². The van der Waals surface area contributed by atoms with E-state index in [1.807, 2.05) is 4.57 Å². The van der Waals surface area contributed by atoms with Gasteiger partial charge in [-0.2, -0.15) is 0 Å². The highest BCUT2D eigenvalue weighted by molar-refractivity contribution is 6.33. The molecule has 18 heavy (non-hydrogen) atoms. The van der Waals surface area contributed by atoms with E-state index in [1.165, 1.54) is 6.33 Å². The Kier molecular flexibility index (Phi) is 3.15. The minimum absolute atomic E-state index is 0.111. The molecule has 2 unspecified atom stereocenters. The van der Waals surface area contributed by atoms with Gasteiger partial charge in [-0.3, -0.25) is 4.57 Å². The van der Waals surface area contributed by atoms with Crippen LogP contribution < -0.4 is 0 Å². The summed E-state index contributed by atoms with van der Waals surface area (Å²) in [5, 5.41) is 0.359. The number of nitrogens with zero attached hydrogens (tertiary/aromatic N) is 4. The number of halogens is 1. The van der Waals surface area contributed by atoms with Gasteiger partial charge >= 0.3 is 0 Å². The molecule has 7 heteroatoms. The second kappa shape index (κ2) is 4.79. The van der Waals surface area contributed by atoms with Crippen LogP contribution in [0.5, 0.6) is 0 Å². The third-order valence-electron chi connectivity index (χ3n) is 3.09. The van der Waals surface area contributed by atoms with Crippen molar-refractivity contribution < 1.29 is 9.47 Å². The fraction of sp³-hybridized carbons (Fsp3) is 0.545. The average Bonchev–Trinajstić information content (AvgIpc) is 2.84. The summed E-state index contributed by atoms with van der Waals surface area (Å²) in [6.45, 7) is 0. The summed E-state index contributed by atoms with van der Waals surface area (Å²) in [6.07, 6.45) is 5.70. The molecule has 6 nitrogen and oxygen atoms in total. The van der Waals surface area contributed by atoms with Crippen molar-refractivity contribution in [2.45, 2.75) is 31.8 Å². The van der Waals surface area contributed by atoms with Gasteiger partial charge in [0.05, 0.1) is 6.33 Å². The van der Waals surface area contributed by atoms with Crippen molar-refractivity contribution in [1.29, 1.82) is 0 Å². The Morgan fingerprint density at radius 2 is 2.28 bits per heavy atom. The minimum Gasteiger partial charge on any atom is -0.356 e. The number of methoxy groups -OCH3 is 1. The molecule has 2 atom stereocenters. The van der Waals surface area contributed by atoms with Gasteiger partial charge in [0.2, 0.25) is 0 Å². The molecule has 96 valence electrons. The van der Waals surface area contributed by atoms with Crippen LogP contribution in [0.1, 0.15) is 25.5 Å². The highest BCUT2D eigenvalue weighted by atomic mass is 35.5. The van der Waals surface area contributed by atoms with E-state index < -0.39 is 0 Å². The highest BCUT2D eigenvalue weighted by Gasteiger charge is 2.25. The first-order valence-electron chi connectivity index (χ1n) is 5.81. The predicted octanol–water partition coefficient (Wildman–Crippen LogP) is 2.15. The Labute approximate surface area is 109 Å². The average molecular weight is 269 g/mol. The van der Waals surface area contributed by atoms with Crippen LogP contribution in [0.4, 0.5) is 0 Å². The number of aromatic nitrogens is 4. The molecular formula is C11H13ClN4O2. The van der Waals surface area contributed by atoms with Crippen LogP contribution in [0.15, 0.2) is 12.7 Å². The zero-order valence-electron chi connectivity index (χ0n) is 9.91. The molecule has 0 N–H and O–H groups in total. The molecule has 0 amide bonds. The van der Waals surface area contributed by atoms with Crippen molar-refractivity contribution in [1.82, 2.24) is 19.5 Å². The summed E-state index contributed by atoms with van der Waals surface area (Å²) in [4.78, 5) is 12.4. The number of hydrogen-bond acceptors (Lipinski definition) is 5. The van der Waals surface area contributed by atoms with Crippen molar-refractivity contribution in [3.8, 4) is 0 Å². The van der Waals surface area contributed by atoms with E-state index in [0.717, 1.165) is 19.3 Å². The molecule has 1 fully saturated rings. The number of fused-ring (bicyclic) bond motifs is 1. The lowest BCUT2D eigenvalue weighted by atomic mass is 10.1. The lowest BCUT2D eigenvalue weighted by Gasteiger charge is -2.29. The summed E-state index contributed by atoms with van der Waals surface area (Å²) >= 11 is 5.97. The lowest BCUT2D eigenvalue weighted by Crippen LogP contribution is -2.27. The molecule has 0 aromatic carbocycles. The van der Waals surface area contributed by atoms with Gasteiger partial charge in [-0.15, -0.1) is 0 Å². The zero-order valence-corrected chi connectivity index (χ0v) is 10.7. The molecule has 0 radical (unpaired) electrons. The van der Waals surface area contributed by atoms with Gasteiger partial charge in [-0.05, 0) is 19.3 Å². The van der Waals surface area contributed by atoms with Gasteiger partial charge in [-0.25, -0.2) is 15.0 Å². The van der Waals surface area contributed by atoms with Crippen molar-refractivity contribution >= 4 is 22.8 Å². The van der Waals surface area contributed by atoms with Crippen molar-refractivity contribution in [3.05, 3.63) is 17.8 Å². The van der Waals surface area contributed by atoms with Crippen LogP contribution >= 0.6 is 11.6 Å². The normalized spacial score (nSPS) is 24.6. The minimum atomic E-state index is -0.168. The van der Waals surface area contributed by atoms with Gasteiger partial charge in [-0.1, -0.05) is 11.6 Å².